The number of alkyl halides is 1. The van der Waals surface area contributed by atoms with Crippen LogP contribution in [0.3, 0.4) is 0 Å². The van der Waals surface area contributed by atoms with Crippen molar-refractivity contribution in [3.8, 4) is 0 Å². The molecular formula is C15H18ClNO2. The highest BCUT2D eigenvalue weighted by Crippen LogP contribution is 2.22. The van der Waals surface area contributed by atoms with Crippen molar-refractivity contribution in [3.63, 3.8) is 0 Å². The van der Waals surface area contributed by atoms with Crippen molar-refractivity contribution in [2.75, 3.05) is 6.61 Å². The number of ether oxygens (including phenoxy) is 1. The fourth-order valence-corrected chi connectivity index (χ4v) is 2.20. The molecule has 0 aliphatic rings. The Morgan fingerprint density at radius 1 is 1.47 bits per heavy atom. The molecule has 0 radical (unpaired) electrons. The summed E-state index contributed by atoms with van der Waals surface area (Å²) in [6.07, 6.45) is 3.86. The molecule has 102 valence electrons. The number of halogens is 1. The van der Waals surface area contributed by atoms with Crippen LogP contribution in [-0.2, 0) is 11.2 Å². The summed E-state index contributed by atoms with van der Waals surface area (Å²) < 4.78 is 4.99. The molecule has 1 atom stereocenters. The second-order valence-electron chi connectivity index (χ2n) is 4.61. The smallest absolute Gasteiger partial charge is 0.338 e. The van der Waals surface area contributed by atoms with Crippen molar-refractivity contribution in [1.82, 2.24) is 4.98 Å². The van der Waals surface area contributed by atoms with Gasteiger partial charge in [0.1, 0.15) is 0 Å². The van der Waals surface area contributed by atoms with Gasteiger partial charge >= 0.3 is 5.97 Å². The van der Waals surface area contributed by atoms with Crippen molar-refractivity contribution in [2.24, 2.45) is 0 Å². The fraction of sp³-hybridized carbons (Fsp3) is 0.400. The molecule has 2 rings (SSSR count). The van der Waals surface area contributed by atoms with Crippen LogP contribution >= 0.6 is 11.6 Å². The predicted octanol–water partition coefficient (Wildman–Crippen LogP) is 3.90. The minimum absolute atomic E-state index is 0.170. The Morgan fingerprint density at radius 2 is 2.26 bits per heavy atom. The van der Waals surface area contributed by atoms with Crippen LogP contribution in [0, 0.1) is 0 Å². The molecular weight excluding hydrogens is 262 g/mol. The maximum Gasteiger partial charge on any atom is 0.338 e. The van der Waals surface area contributed by atoms with Crippen LogP contribution in [0.2, 0.25) is 0 Å². The molecule has 1 N–H and O–H groups in total. The number of H-pyrrole nitrogens is 1. The van der Waals surface area contributed by atoms with Crippen LogP contribution < -0.4 is 0 Å². The SMILES string of the molecule is CCOC(=O)c1ccc2c(CCC(C)Cl)c[nH]c2c1. The molecule has 0 amide bonds. The Morgan fingerprint density at radius 3 is 2.95 bits per heavy atom. The number of aromatic amines is 1. The first-order chi connectivity index (χ1) is 9.11. The zero-order valence-corrected chi connectivity index (χ0v) is 12.0. The van der Waals surface area contributed by atoms with Crippen LogP contribution in [0.15, 0.2) is 24.4 Å². The summed E-state index contributed by atoms with van der Waals surface area (Å²) in [6, 6.07) is 5.61. The molecule has 1 heterocycles. The van der Waals surface area contributed by atoms with Gasteiger partial charge in [-0.05, 0) is 44.4 Å². The largest absolute Gasteiger partial charge is 0.462 e. The Labute approximate surface area is 117 Å². The van der Waals surface area contributed by atoms with Gasteiger partial charge in [-0.25, -0.2) is 4.79 Å². The molecule has 4 heteroatoms. The van der Waals surface area contributed by atoms with Crippen molar-refractivity contribution in [1.29, 1.82) is 0 Å². The van der Waals surface area contributed by atoms with E-state index in [1.54, 1.807) is 6.92 Å². The number of hydrogen-bond acceptors (Lipinski definition) is 2. The summed E-state index contributed by atoms with van der Waals surface area (Å²) in [5.74, 6) is -0.282. The highest BCUT2D eigenvalue weighted by molar-refractivity contribution is 6.20. The lowest BCUT2D eigenvalue weighted by atomic mass is 10.1. The van der Waals surface area contributed by atoms with Gasteiger partial charge in [-0.2, -0.15) is 0 Å². The lowest BCUT2D eigenvalue weighted by molar-refractivity contribution is 0.0526. The standard InChI is InChI=1S/C15H18ClNO2/c1-3-19-15(18)11-6-7-13-12(5-4-10(2)16)9-17-14(13)8-11/h6-10,17H,3-5H2,1-2H3. The number of benzene rings is 1. The van der Waals surface area contributed by atoms with Crippen LogP contribution in [0.25, 0.3) is 10.9 Å². The number of fused-ring (bicyclic) bond motifs is 1. The van der Waals surface area contributed by atoms with E-state index in [0.717, 1.165) is 23.7 Å². The second-order valence-corrected chi connectivity index (χ2v) is 5.36. The second kappa shape index (κ2) is 6.11. The third-order valence-corrected chi connectivity index (χ3v) is 3.31. The molecule has 0 saturated carbocycles. The normalized spacial score (nSPS) is 12.6. The zero-order valence-electron chi connectivity index (χ0n) is 11.2. The van der Waals surface area contributed by atoms with E-state index in [4.69, 9.17) is 16.3 Å². The van der Waals surface area contributed by atoms with Gasteiger partial charge in [0.05, 0.1) is 12.2 Å². The summed E-state index contributed by atoms with van der Waals surface area (Å²) in [5.41, 5.74) is 2.77. The molecule has 0 aliphatic carbocycles. The van der Waals surface area contributed by atoms with Gasteiger partial charge in [-0.15, -0.1) is 11.6 Å². The number of rotatable bonds is 5. The first-order valence-electron chi connectivity index (χ1n) is 6.53. The summed E-state index contributed by atoms with van der Waals surface area (Å²) in [7, 11) is 0. The van der Waals surface area contributed by atoms with E-state index in [1.807, 2.05) is 31.3 Å². The maximum absolute atomic E-state index is 11.7. The third-order valence-electron chi connectivity index (χ3n) is 3.09. The molecule has 1 unspecified atom stereocenters. The molecule has 0 bridgehead atoms. The minimum atomic E-state index is -0.282. The van der Waals surface area contributed by atoms with E-state index in [0.29, 0.717) is 12.2 Å². The first-order valence-corrected chi connectivity index (χ1v) is 6.96. The van der Waals surface area contributed by atoms with Crippen LogP contribution in [-0.4, -0.2) is 22.9 Å². The van der Waals surface area contributed by atoms with Crippen molar-refractivity contribution >= 4 is 28.5 Å². The summed E-state index contributed by atoms with van der Waals surface area (Å²) in [5, 5.41) is 1.31. The lowest BCUT2D eigenvalue weighted by Gasteiger charge is -2.03. The lowest BCUT2D eigenvalue weighted by Crippen LogP contribution is -2.04. The van der Waals surface area contributed by atoms with E-state index >= 15 is 0 Å². The van der Waals surface area contributed by atoms with E-state index in [2.05, 4.69) is 4.98 Å². The van der Waals surface area contributed by atoms with Crippen molar-refractivity contribution in [3.05, 3.63) is 35.5 Å². The highest BCUT2D eigenvalue weighted by atomic mass is 35.5. The molecule has 0 saturated heterocycles. The quantitative estimate of drug-likeness (QED) is 0.666. The molecule has 1 aromatic heterocycles. The summed E-state index contributed by atoms with van der Waals surface area (Å²) in [6.45, 7) is 4.19. The van der Waals surface area contributed by atoms with Crippen LogP contribution in [0.1, 0.15) is 36.2 Å². The third kappa shape index (κ3) is 3.29. The number of nitrogens with one attached hydrogen (secondary N) is 1. The molecule has 1 aromatic carbocycles. The first kappa shape index (κ1) is 13.9. The van der Waals surface area contributed by atoms with Gasteiger partial charge < -0.3 is 9.72 Å². The summed E-state index contributed by atoms with van der Waals surface area (Å²) >= 11 is 5.98. The summed E-state index contributed by atoms with van der Waals surface area (Å²) in [4.78, 5) is 14.9. The Balaban J connectivity index is 2.23. The van der Waals surface area contributed by atoms with Gasteiger partial charge in [0.15, 0.2) is 0 Å². The van der Waals surface area contributed by atoms with E-state index in [9.17, 15) is 4.79 Å². The number of carbonyl (C=O) groups excluding carboxylic acids is 1. The molecule has 0 spiro atoms. The van der Waals surface area contributed by atoms with Gasteiger partial charge in [-0.3, -0.25) is 0 Å². The Bertz CT molecular complexity index is 575. The molecule has 0 aliphatic heterocycles. The molecule has 2 aromatic rings. The predicted molar refractivity (Wildman–Crippen MR) is 77.9 cm³/mol. The number of aromatic nitrogens is 1. The van der Waals surface area contributed by atoms with Crippen molar-refractivity contribution < 1.29 is 9.53 Å². The average molecular weight is 280 g/mol. The number of carbonyl (C=O) groups is 1. The number of hydrogen-bond donors (Lipinski definition) is 1. The molecule has 0 fully saturated rings. The zero-order chi connectivity index (χ0) is 13.8. The Kier molecular flexibility index (Phi) is 4.48. The van der Waals surface area contributed by atoms with Gasteiger partial charge in [0.25, 0.3) is 0 Å². The average Bonchev–Trinajstić information content (AvgIpc) is 2.78. The number of aryl methyl sites for hydroxylation is 1. The topological polar surface area (TPSA) is 42.1 Å². The highest BCUT2D eigenvalue weighted by Gasteiger charge is 2.10. The van der Waals surface area contributed by atoms with Gasteiger partial charge in [0, 0.05) is 22.5 Å². The van der Waals surface area contributed by atoms with Crippen LogP contribution in [0.4, 0.5) is 0 Å². The van der Waals surface area contributed by atoms with E-state index in [1.165, 1.54) is 5.56 Å². The fourth-order valence-electron chi connectivity index (χ4n) is 2.09. The Hall–Kier alpha value is -1.48. The van der Waals surface area contributed by atoms with Crippen molar-refractivity contribution in [2.45, 2.75) is 32.1 Å². The van der Waals surface area contributed by atoms with E-state index < -0.39 is 0 Å². The van der Waals surface area contributed by atoms with E-state index in [-0.39, 0.29) is 11.3 Å². The van der Waals surface area contributed by atoms with Gasteiger partial charge in [0.2, 0.25) is 0 Å². The van der Waals surface area contributed by atoms with Crippen LogP contribution in [0.5, 0.6) is 0 Å². The maximum atomic E-state index is 11.7. The molecule has 3 nitrogen and oxygen atoms in total. The minimum Gasteiger partial charge on any atom is -0.462 e. The molecule has 19 heavy (non-hydrogen) atoms. The van der Waals surface area contributed by atoms with Gasteiger partial charge in [-0.1, -0.05) is 6.07 Å². The monoisotopic (exact) mass is 279 g/mol. The number of esters is 1.